The number of thiazole rings is 1. The molecule has 0 radical (unpaired) electrons. The highest BCUT2D eigenvalue weighted by atomic mass is 32.1. The smallest absolute Gasteiger partial charge is 0.274 e. The Hall–Kier alpha value is -3.54. The van der Waals surface area contributed by atoms with Gasteiger partial charge in [0.05, 0.1) is 38.2 Å². The molecule has 1 aliphatic rings. The molecule has 1 aliphatic heterocycles. The third-order valence-electron chi connectivity index (χ3n) is 5.71. The largest absolute Gasteiger partial charge is 0.336 e. The van der Waals surface area contributed by atoms with Crippen molar-refractivity contribution in [1.29, 1.82) is 5.26 Å². The number of fused-ring (bicyclic) bond motifs is 1. The lowest BCUT2D eigenvalue weighted by Crippen LogP contribution is -2.45. The Balaban J connectivity index is 1.61. The second-order valence-electron chi connectivity index (χ2n) is 8.05. The van der Waals surface area contributed by atoms with Crippen LogP contribution < -0.4 is 5.73 Å². The zero-order chi connectivity index (χ0) is 22.2. The van der Waals surface area contributed by atoms with Crippen molar-refractivity contribution in [2.75, 3.05) is 13.1 Å². The van der Waals surface area contributed by atoms with Crippen molar-refractivity contribution in [3.8, 4) is 23.0 Å². The van der Waals surface area contributed by atoms with Crippen LogP contribution in [0.25, 0.3) is 27.2 Å². The maximum Gasteiger partial charge on any atom is 0.274 e. The third kappa shape index (κ3) is 3.77. The highest BCUT2D eigenvalue weighted by Gasteiger charge is 2.26. The summed E-state index contributed by atoms with van der Waals surface area (Å²) in [6, 6.07) is 17.3. The van der Waals surface area contributed by atoms with Crippen LogP contribution in [0.2, 0.25) is 0 Å². The second-order valence-corrected chi connectivity index (χ2v) is 9.29. The van der Waals surface area contributed by atoms with Crippen LogP contribution >= 0.6 is 11.3 Å². The Bertz CT molecular complexity index is 1350. The van der Waals surface area contributed by atoms with E-state index in [0.717, 1.165) is 45.0 Å². The number of aryl methyl sites for hydroxylation is 1. The molecule has 0 bridgehead atoms. The second kappa shape index (κ2) is 8.19. The molecule has 0 spiro atoms. The number of aromatic nitrogens is 3. The number of hydrogen-bond acceptors (Lipinski definition) is 6. The molecule has 1 unspecified atom stereocenters. The Morgan fingerprint density at radius 1 is 1.22 bits per heavy atom. The molecule has 1 amide bonds. The first-order chi connectivity index (χ1) is 15.5. The Morgan fingerprint density at radius 3 is 2.78 bits per heavy atom. The van der Waals surface area contributed by atoms with Crippen LogP contribution in [0, 0.1) is 18.3 Å². The van der Waals surface area contributed by atoms with Crippen molar-refractivity contribution in [2.45, 2.75) is 25.8 Å². The lowest BCUT2D eigenvalue weighted by molar-refractivity contribution is 0.0702. The molecule has 2 aromatic carbocycles. The first-order valence-electron chi connectivity index (χ1n) is 10.5. The van der Waals surface area contributed by atoms with Gasteiger partial charge in [-0.3, -0.25) is 4.79 Å². The summed E-state index contributed by atoms with van der Waals surface area (Å²) >= 11 is 1.65. The molecule has 0 aliphatic carbocycles. The van der Waals surface area contributed by atoms with Crippen molar-refractivity contribution in [3.63, 3.8) is 0 Å². The van der Waals surface area contributed by atoms with Crippen LogP contribution in [0.15, 0.2) is 48.5 Å². The Labute approximate surface area is 189 Å². The molecule has 1 fully saturated rings. The van der Waals surface area contributed by atoms with Gasteiger partial charge in [0.1, 0.15) is 0 Å². The molecule has 2 aromatic heterocycles. The lowest BCUT2D eigenvalue weighted by Gasteiger charge is -2.30. The fourth-order valence-electron chi connectivity index (χ4n) is 4.12. The number of rotatable bonds is 3. The standard InChI is InChI=1S/C24H22N6OS/c1-15-27-20-11-19(8-9-23(20)32-15)30-22(17-6-4-16(13-25)5-7-17)12-21(28-30)24(31)29-10-2-3-18(26)14-29/h4-9,11-12,18H,2-3,10,14,26H2,1H3. The molecule has 32 heavy (non-hydrogen) atoms. The average molecular weight is 443 g/mol. The predicted molar refractivity (Wildman–Crippen MR) is 125 cm³/mol. The zero-order valence-corrected chi connectivity index (χ0v) is 18.5. The molecular formula is C24H22N6OS. The van der Waals surface area contributed by atoms with Gasteiger partial charge in [-0.2, -0.15) is 10.4 Å². The van der Waals surface area contributed by atoms with E-state index in [2.05, 4.69) is 11.1 Å². The quantitative estimate of drug-likeness (QED) is 0.519. The van der Waals surface area contributed by atoms with Crippen molar-refractivity contribution in [1.82, 2.24) is 19.7 Å². The number of hydrogen-bond donors (Lipinski definition) is 1. The summed E-state index contributed by atoms with van der Waals surface area (Å²) in [5.74, 6) is -0.112. The molecule has 4 aromatic rings. The summed E-state index contributed by atoms with van der Waals surface area (Å²) in [4.78, 5) is 19.6. The van der Waals surface area contributed by atoms with E-state index in [0.29, 0.717) is 24.3 Å². The number of nitrogens with two attached hydrogens (primary N) is 1. The van der Waals surface area contributed by atoms with Gasteiger partial charge in [-0.05, 0) is 56.2 Å². The third-order valence-corrected chi connectivity index (χ3v) is 6.66. The van der Waals surface area contributed by atoms with Gasteiger partial charge < -0.3 is 10.6 Å². The number of nitriles is 1. The fraction of sp³-hybridized carbons (Fsp3) is 0.250. The summed E-state index contributed by atoms with van der Waals surface area (Å²) in [5, 5.41) is 14.9. The van der Waals surface area contributed by atoms with Gasteiger partial charge in [-0.1, -0.05) is 12.1 Å². The normalized spacial score (nSPS) is 16.3. The maximum atomic E-state index is 13.2. The molecule has 160 valence electrons. The number of likely N-dealkylation sites (tertiary alicyclic amines) is 1. The van der Waals surface area contributed by atoms with Crippen LogP contribution in [0.3, 0.4) is 0 Å². The number of nitrogens with zero attached hydrogens (tertiary/aromatic N) is 5. The number of amides is 1. The highest BCUT2D eigenvalue weighted by molar-refractivity contribution is 7.18. The number of piperidine rings is 1. The molecular weight excluding hydrogens is 420 g/mol. The van der Waals surface area contributed by atoms with E-state index in [1.165, 1.54) is 0 Å². The fourth-order valence-corrected chi connectivity index (χ4v) is 4.93. The molecule has 2 N–H and O–H groups in total. The number of carbonyl (C=O) groups excluding carboxylic acids is 1. The van der Waals surface area contributed by atoms with E-state index < -0.39 is 0 Å². The first kappa shape index (κ1) is 20.4. The van der Waals surface area contributed by atoms with Crippen LogP contribution in [-0.2, 0) is 0 Å². The minimum atomic E-state index is -0.112. The van der Waals surface area contributed by atoms with Gasteiger partial charge in [0.15, 0.2) is 5.69 Å². The molecule has 1 saturated heterocycles. The zero-order valence-electron chi connectivity index (χ0n) is 17.7. The van der Waals surface area contributed by atoms with Crippen LogP contribution in [0.5, 0.6) is 0 Å². The Morgan fingerprint density at radius 2 is 2.03 bits per heavy atom. The van der Waals surface area contributed by atoms with E-state index in [1.807, 2.05) is 43.3 Å². The van der Waals surface area contributed by atoms with Crippen molar-refractivity contribution in [2.24, 2.45) is 5.73 Å². The van der Waals surface area contributed by atoms with Gasteiger partial charge in [-0.25, -0.2) is 9.67 Å². The van der Waals surface area contributed by atoms with E-state index in [-0.39, 0.29) is 11.9 Å². The van der Waals surface area contributed by atoms with E-state index in [1.54, 1.807) is 33.1 Å². The number of carbonyl (C=O) groups is 1. The molecule has 1 atom stereocenters. The monoisotopic (exact) mass is 442 g/mol. The maximum absolute atomic E-state index is 13.2. The van der Waals surface area contributed by atoms with Gasteiger partial charge in [0.2, 0.25) is 0 Å². The number of benzene rings is 2. The summed E-state index contributed by atoms with van der Waals surface area (Å²) in [5.41, 5.74) is 10.4. The SMILES string of the molecule is Cc1nc2cc(-n3nc(C(=O)N4CCCC(N)C4)cc3-c3ccc(C#N)cc3)ccc2s1. The summed E-state index contributed by atoms with van der Waals surface area (Å²) < 4.78 is 2.89. The first-order valence-corrected chi connectivity index (χ1v) is 11.4. The summed E-state index contributed by atoms with van der Waals surface area (Å²) in [6.07, 6.45) is 1.83. The highest BCUT2D eigenvalue weighted by Crippen LogP contribution is 2.29. The van der Waals surface area contributed by atoms with Gasteiger partial charge in [-0.15, -0.1) is 11.3 Å². The predicted octanol–water partition coefficient (Wildman–Crippen LogP) is 3.89. The van der Waals surface area contributed by atoms with Crippen LogP contribution in [0.1, 0.15) is 33.9 Å². The van der Waals surface area contributed by atoms with Crippen LogP contribution in [-0.4, -0.2) is 44.7 Å². The summed E-state index contributed by atoms with van der Waals surface area (Å²) in [6.45, 7) is 3.22. The molecule has 8 heteroatoms. The lowest BCUT2D eigenvalue weighted by atomic mass is 10.1. The van der Waals surface area contributed by atoms with Gasteiger partial charge in [0, 0.05) is 24.7 Å². The molecule has 3 heterocycles. The van der Waals surface area contributed by atoms with Gasteiger partial charge in [0.25, 0.3) is 5.91 Å². The summed E-state index contributed by atoms with van der Waals surface area (Å²) in [7, 11) is 0. The van der Waals surface area contributed by atoms with E-state index >= 15 is 0 Å². The van der Waals surface area contributed by atoms with E-state index in [4.69, 9.17) is 16.1 Å². The average Bonchev–Trinajstić information content (AvgIpc) is 3.41. The van der Waals surface area contributed by atoms with E-state index in [9.17, 15) is 4.79 Å². The molecule has 0 saturated carbocycles. The molecule has 7 nitrogen and oxygen atoms in total. The van der Waals surface area contributed by atoms with Crippen LogP contribution in [0.4, 0.5) is 0 Å². The van der Waals surface area contributed by atoms with Crippen molar-refractivity contribution in [3.05, 3.63) is 64.8 Å². The minimum Gasteiger partial charge on any atom is -0.336 e. The minimum absolute atomic E-state index is 0.00287. The Kier molecular flexibility index (Phi) is 5.21. The topological polar surface area (TPSA) is 101 Å². The van der Waals surface area contributed by atoms with Crippen molar-refractivity contribution < 1.29 is 4.79 Å². The van der Waals surface area contributed by atoms with Crippen molar-refractivity contribution >= 4 is 27.5 Å². The van der Waals surface area contributed by atoms with Gasteiger partial charge >= 0.3 is 0 Å². The molecule has 5 rings (SSSR count).